The molecule has 0 bridgehead atoms. The number of nitrogens with zero attached hydrogens (tertiary/aromatic N) is 1. The summed E-state index contributed by atoms with van der Waals surface area (Å²) in [4.78, 5) is 16.3. The molecule has 2 heterocycles. The monoisotopic (exact) mass is 372 g/mol. The molecule has 7 heteroatoms. The molecule has 0 aliphatic rings. The van der Waals surface area contributed by atoms with Crippen molar-refractivity contribution in [2.75, 3.05) is 0 Å². The normalized spacial score (nSPS) is 11.1. The van der Waals surface area contributed by atoms with Crippen LogP contribution in [-0.2, 0) is 0 Å². The van der Waals surface area contributed by atoms with Crippen LogP contribution in [0.1, 0.15) is 0 Å². The quantitative estimate of drug-likeness (QED) is 0.637. The van der Waals surface area contributed by atoms with Gasteiger partial charge in [0.1, 0.15) is 4.83 Å². The van der Waals surface area contributed by atoms with E-state index in [1.165, 1.54) is 15.9 Å². The summed E-state index contributed by atoms with van der Waals surface area (Å²) in [5, 5.41) is 3.08. The van der Waals surface area contributed by atoms with Crippen LogP contribution in [0.25, 0.3) is 15.9 Å². The molecule has 0 atom stereocenters. The number of benzene rings is 1. The number of H-pyrrole nitrogens is 1. The van der Waals surface area contributed by atoms with Crippen molar-refractivity contribution in [1.29, 1.82) is 0 Å². The van der Waals surface area contributed by atoms with E-state index in [0.717, 1.165) is 9.30 Å². The second-order valence-corrected chi connectivity index (χ2v) is 6.42. The van der Waals surface area contributed by atoms with Crippen molar-refractivity contribution < 1.29 is 0 Å². The Bertz CT molecular complexity index is 897. The highest BCUT2D eigenvalue weighted by molar-refractivity contribution is 9.10. The summed E-state index contributed by atoms with van der Waals surface area (Å²) in [5.74, 6) is 0. The first-order chi connectivity index (χ1) is 9.08. The summed E-state index contributed by atoms with van der Waals surface area (Å²) in [6.07, 6.45) is 0. The van der Waals surface area contributed by atoms with Gasteiger partial charge in [0.15, 0.2) is 4.77 Å². The molecule has 0 unspecified atom stereocenters. The van der Waals surface area contributed by atoms with Crippen LogP contribution in [0.2, 0.25) is 5.02 Å². The van der Waals surface area contributed by atoms with Gasteiger partial charge in [0.25, 0.3) is 5.56 Å². The smallest absolute Gasteiger partial charge is 0.267 e. The van der Waals surface area contributed by atoms with E-state index in [2.05, 4.69) is 20.9 Å². The first kappa shape index (κ1) is 13.1. The standard InChI is InChI=1S/C12H6BrClN2OS2/c13-8-5-6(14)1-2-9(8)16-11(17)7-3-4-19-10(7)15-12(16)18/h1-5H,(H,15,18). The zero-order valence-electron chi connectivity index (χ0n) is 9.31. The molecule has 3 nitrogen and oxygen atoms in total. The van der Waals surface area contributed by atoms with E-state index in [4.69, 9.17) is 23.8 Å². The molecule has 0 fully saturated rings. The summed E-state index contributed by atoms with van der Waals surface area (Å²) >= 11 is 16.0. The molecule has 96 valence electrons. The molecule has 3 rings (SSSR count). The van der Waals surface area contributed by atoms with Crippen LogP contribution in [0.4, 0.5) is 0 Å². The Balaban J connectivity index is 2.42. The fraction of sp³-hybridized carbons (Fsp3) is 0. The highest BCUT2D eigenvalue weighted by Crippen LogP contribution is 2.25. The SMILES string of the molecule is O=c1c2ccsc2[nH]c(=S)n1-c1ccc(Cl)cc1Br. The number of hydrogen-bond donors (Lipinski definition) is 1. The lowest BCUT2D eigenvalue weighted by molar-refractivity contribution is 0.938. The van der Waals surface area contributed by atoms with Gasteiger partial charge < -0.3 is 4.98 Å². The maximum absolute atomic E-state index is 12.5. The fourth-order valence-corrected chi connectivity index (χ4v) is 3.81. The summed E-state index contributed by atoms with van der Waals surface area (Å²) < 4.78 is 2.55. The Morgan fingerprint density at radius 1 is 1.37 bits per heavy atom. The summed E-state index contributed by atoms with van der Waals surface area (Å²) in [6.45, 7) is 0. The minimum atomic E-state index is -0.136. The Hall–Kier alpha value is -0.950. The molecule has 0 aliphatic carbocycles. The maximum Gasteiger partial charge on any atom is 0.267 e. The van der Waals surface area contributed by atoms with Gasteiger partial charge in [-0.05, 0) is 57.8 Å². The lowest BCUT2D eigenvalue weighted by Gasteiger charge is -2.08. The van der Waals surface area contributed by atoms with E-state index >= 15 is 0 Å². The van der Waals surface area contributed by atoms with Gasteiger partial charge in [-0.3, -0.25) is 9.36 Å². The third kappa shape index (κ3) is 2.18. The molecule has 0 radical (unpaired) electrons. The van der Waals surface area contributed by atoms with E-state index in [9.17, 15) is 4.79 Å². The average molecular weight is 374 g/mol. The number of rotatable bonds is 1. The lowest BCUT2D eigenvalue weighted by Crippen LogP contribution is -2.20. The van der Waals surface area contributed by atoms with Gasteiger partial charge in [-0.2, -0.15) is 0 Å². The van der Waals surface area contributed by atoms with Crippen LogP contribution in [0, 0.1) is 4.77 Å². The lowest BCUT2D eigenvalue weighted by atomic mass is 10.3. The molecule has 2 aromatic heterocycles. The van der Waals surface area contributed by atoms with Gasteiger partial charge in [0, 0.05) is 9.50 Å². The van der Waals surface area contributed by atoms with Crippen molar-refractivity contribution >= 4 is 61.3 Å². The van der Waals surface area contributed by atoms with Crippen molar-refractivity contribution in [3.05, 3.63) is 54.3 Å². The fourth-order valence-electron chi connectivity index (χ4n) is 1.82. The molecule has 0 spiro atoms. The zero-order chi connectivity index (χ0) is 13.6. The number of hydrogen-bond acceptors (Lipinski definition) is 3. The Labute approximate surface area is 130 Å². The number of nitrogens with one attached hydrogen (secondary N) is 1. The molecular formula is C12H6BrClN2OS2. The third-order valence-corrected chi connectivity index (χ3v) is 4.66. The van der Waals surface area contributed by atoms with Crippen LogP contribution in [0.5, 0.6) is 0 Å². The second-order valence-electron chi connectivity index (χ2n) is 3.83. The van der Waals surface area contributed by atoms with E-state index in [-0.39, 0.29) is 5.56 Å². The van der Waals surface area contributed by atoms with E-state index in [0.29, 0.717) is 20.9 Å². The van der Waals surface area contributed by atoms with E-state index in [1.807, 2.05) is 5.38 Å². The van der Waals surface area contributed by atoms with Crippen molar-refractivity contribution in [1.82, 2.24) is 9.55 Å². The Morgan fingerprint density at radius 3 is 2.89 bits per heavy atom. The van der Waals surface area contributed by atoms with Crippen molar-refractivity contribution in [3.8, 4) is 5.69 Å². The predicted octanol–water partition coefficient (Wildman–Crippen LogP) is 4.53. The van der Waals surface area contributed by atoms with Crippen LogP contribution in [0.15, 0.2) is 38.9 Å². The number of aromatic amines is 1. The predicted molar refractivity (Wildman–Crippen MR) is 85.3 cm³/mol. The van der Waals surface area contributed by atoms with Gasteiger partial charge in [0.2, 0.25) is 0 Å². The maximum atomic E-state index is 12.5. The molecule has 0 saturated heterocycles. The molecule has 0 amide bonds. The van der Waals surface area contributed by atoms with Gasteiger partial charge in [-0.25, -0.2) is 0 Å². The highest BCUT2D eigenvalue weighted by atomic mass is 79.9. The van der Waals surface area contributed by atoms with Gasteiger partial charge in [-0.1, -0.05) is 11.6 Å². The number of aromatic nitrogens is 2. The van der Waals surface area contributed by atoms with Crippen LogP contribution in [0.3, 0.4) is 0 Å². The first-order valence-electron chi connectivity index (χ1n) is 5.26. The van der Waals surface area contributed by atoms with Gasteiger partial charge in [-0.15, -0.1) is 11.3 Å². The van der Waals surface area contributed by atoms with Crippen LogP contribution >= 0.6 is 51.1 Å². The first-order valence-corrected chi connectivity index (χ1v) is 7.72. The highest BCUT2D eigenvalue weighted by Gasteiger charge is 2.11. The number of fused-ring (bicyclic) bond motifs is 1. The average Bonchev–Trinajstić information content (AvgIpc) is 2.80. The summed E-state index contributed by atoms with van der Waals surface area (Å²) in [5.41, 5.74) is 0.534. The van der Waals surface area contributed by atoms with Gasteiger partial charge >= 0.3 is 0 Å². The van der Waals surface area contributed by atoms with Crippen molar-refractivity contribution in [3.63, 3.8) is 0 Å². The molecule has 1 N–H and O–H groups in total. The number of halogens is 2. The zero-order valence-corrected chi connectivity index (χ0v) is 13.3. The van der Waals surface area contributed by atoms with Crippen molar-refractivity contribution in [2.24, 2.45) is 0 Å². The molecule has 3 aromatic rings. The minimum absolute atomic E-state index is 0.136. The van der Waals surface area contributed by atoms with E-state index < -0.39 is 0 Å². The molecule has 0 saturated carbocycles. The molecule has 0 aliphatic heterocycles. The third-order valence-electron chi connectivity index (χ3n) is 2.67. The molecule has 19 heavy (non-hydrogen) atoms. The Kier molecular flexibility index (Phi) is 3.34. The van der Waals surface area contributed by atoms with E-state index in [1.54, 1.807) is 24.3 Å². The number of thiophene rings is 1. The summed E-state index contributed by atoms with van der Waals surface area (Å²) in [7, 11) is 0. The van der Waals surface area contributed by atoms with Gasteiger partial charge in [0.05, 0.1) is 11.1 Å². The summed E-state index contributed by atoms with van der Waals surface area (Å²) in [6, 6.07) is 7.00. The second kappa shape index (κ2) is 4.86. The minimum Gasteiger partial charge on any atom is -0.323 e. The molecule has 1 aromatic carbocycles. The topological polar surface area (TPSA) is 37.8 Å². The van der Waals surface area contributed by atoms with Crippen molar-refractivity contribution in [2.45, 2.75) is 0 Å². The Morgan fingerprint density at radius 2 is 2.16 bits per heavy atom. The van der Waals surface area contributed by atoms with Crippen LogP contribution < -0.4 is 5.56 Å². The molecular weight excluding hydrogens is 368 g/mol. The van der Waals surface area contributed by atoms with Crippen LogP contribution in [-0.4, -0.2) is 9.55 Å². The largest absolute Gasteiger partial charge is 0.323 e.